The van der Waals surface area contributed by atoms with Gasteiger partial charge in [-0.1, -0.05) is 28.9 Å². The number of benzene rings is 1. The van der Waals surface area contributed by atoms with Crippen LogP contribution < -0.4 is 10.1 Å². The molecule has 0 radical (unpaired) electrons. The molecule has 0 aliphatic carbocycles. The van der Waals surface area contributed by atoms with Gasteiger partial charge in [0.2, 0.25) is 5.91 Å². The van der Waals surface area contributed by atoms with E-state index in [4.69, 9.17) is 4.74 Å². The van der Waals surface area contributed by atoms with Gasteiger partial charge in [-0.05, 0) is 36.6 Å². The van der Waals surface area contributed by atoms with Crippen molar-refractivity contribution in [3.8, 4) is 5.75 Å². The standard InChI is InChI=1S/C15H20BrNO2/c1-3-6-12-11-13(17-15(18)4-2)7-8-14(12)19-10-5-9-16/h3,7-8,11H,1,4-6,9-10H2,2H3,(H,17,18). The van der Waals surface area contributed by atoms with E-state index in [-0.39, 0.29) is 5.91 Å². The van der Waals surface area contributed by atoms with Gasteiger partial charge in [0.25, 0.3) is 0 Å². The molecule has 0 fully saturated rings. The summed E-state index contributed by atoms with van der Waals surface area (Å²) in [6.07, 6.45) is 3.99. The molecule has 1 rings (SSSR count). The Balaban J connectivity index is 2.80. The number of alkyl halides is 1. The van der Waals surface area contributed by atoms with Crippen LogP contribution in [-0.4, -0.2) is 17.8 Å². The molecule has 0 spiro atoms. The summed E-state index contributed by atoms with van der Waals surface area (Å²) in [6, 6.07) is 5.71. The zero-order chi connectivity index (χ0) is 14.1. The predicted octanol–water partition coefficient (Wildman–Crippen LogP) is 3.93. The van der Waals surface area contributed by atoms with E-state index in [1.807, 2.05) is 31.2 Å². The molecule has 0 unspecified atom stereocenters. The molecule has 1 amide bonds. The quantitative estimate of drug-likeness (QED) is 0.447. The van der Waals surface area contributed by atoms with Crippen molar-refractivity contribution >= 4 is 27.5 Å². The maximum absolute atomic E-state index is 11.4. The van der Waals surface area contributed by atoms with E-state index >= 15 is 0 Å². The third-order valence-corrected chi connectivity index (χ3v) is 3.13. The molecule has 19 heavy (non-hydrogen) atoms. The maximum Gasteiger partial charge on any atom is 0.224 e. The first kappa shape index (κ1) is 15.8. The summed E-state index contributed by atoms with van der Waals surface area (Å²) in [6.45, 7) is 6.26. The monoisotopic (exact) mass is 325 g/mol. The first-order valence-corrected chi connectivity index (χ1v) is 7.55. The molecule has 0 aromatic heterocycles. The number of hydrogen-bond donors (Lipinski definition) is 1. The normalized spacial score (nSPS) is 10.0. The summed E-state index contributed by atoms with van der Waals surface area (Å²) < 4.78 is 5.73. The van der Waals surface area contributed by atoms with Crippen LogP contribution in [-0.2, 0) is 11.2 Å². The van der Waals surface area contributed by atoms with Crippen LogP contribution in [0.4, 0.5) is 5.69 Å². The molecule has 0 bridgehead atoms. The Morgan fingerprint density at radius 3 is 2.95 bits per heavy atom. The third-order valence-electron chi connectivity index (χ3n) is 2.57. The molecule has 104 valence electrons. The van der Waals surface area contributed by atoms with Crippen molar-refractivity contribution < 1.29 is 9.53 Å². The summed E-state index contributed by atoms with van der Waals surface area (Å²) >= 11 is 3.38. The Morgan fingerprint density at radius 1 is 1.53 bits per heavy atom. The molecule has 3 nitrogen and oxygen atoms in total. The van der Waals surface area contributed by atoms with Crippen molar-refractivity contribution in [2.45, 2.75) is 26.2 Å². The lowest BCUT2D eigenvalue weighted by Crippen LogP contribution is -2.10. The van der Waals surface area contributed by atoms with Crippen LogP contribution in [0, 0.1) is 0 Å². The first-order chi connectivity index (χ1) is 9.21. The molecular formula is C15H20BrNO2. The van der Waals surface area contributed by atoms with E-state index < -0.39 is 0 Å². The molecule has 0 saturated carbocycles. The highest BCUT2D eigenvalue weighted by Gasteiger charge is 2.06. The lowest BCUT2D eigenvalue weighted by Gasteiger charge is -2.12. The van der Waals surface area contributed by atoms with Crippen LogP contribution in [0.15, 0.2) is 30.9 Å². The van der Waals surface area contributed by atoms with Crippen LogP contribution in [0.25, 0.3) is 0 Å². The third kappa shape index (κ3) is 5.47. The largest absolute Gasteiger partial charge is 0.493 e. The SMILES string of the molecule is C=CCc1cc(NC(=O)CC)ccc1OCCCBr. The Kier molecular flexibility index (Phi) is 7.26. The zero-order valence-corrected chi connectivity index (χ0v) is 12.8. The van der Waals surface area contributed by atoms with Crippen LogP contribution in [0.1, 0.15) is 25.3 Å². The van der Waals surface area contributed by atoms with Gasteiger partial charge < -0.3 is 10.1 Å². The fourth-order valence-electron chi connectivity index (χ4n) is 1.60. The molecule has 1 aromatic rings. The Labute approximate surface area is 123 Å². The van der Waals surface area contributed by atoms with Crippen LogP contribution >= 0.6 is 15.9 Å². The molecule has 1 aromatic carbocycles. The minimum absolute atomic E-state index is 0.0116. The molecular weight excluding hydrogens is 306 g/mol. The maximum atomic E-state index is 11.4. The van der Waals surface area contributed by atoms with Gasteiger partial charge in [0.15, 0.2) is 0 Å². The second kappa shape index (κ2) is 8.75. The number of amides is 1. The molecule has 0 aliphatic heterocycles. The zero-order valence-electron chi connectivity index (χ0n) is 11.2. The number of allylic oxidation sites excluding steroid dienone is 1. The number of carbonyl (C=O) groups excluding carboxylic acids is 1. The topological polar surface area (TPSA) is 38.3 Å². The Hall–Kier alpha value is -1.29. The van der Waals surface area contributed by atoms with Crippen molar-refractivity contribution in [2.24, 2.45) is 0 Å². The molecule has 0 aliphatic rings. The van der Waals surface area contributed by atoms with Gasteiger partial charge in [-0.3, -0.25) is 4.79 Å². The Bertz CT molecular complexity index is 432. The van der Waals surface area contributed by atoms with Gasteiger partial charge in [-0.25, -0.2) is 0 Å². The molecule has 4 heteroatoms. The van der Waals surface area contributed by atoms with E-state index in [0.29, 0.717) is 13.0 Å². The van der Waals surface area contributed by atoms with Gasteiger partial charge in [0.1, 0.15) is 5.75 Å². The predicted molar refractivity (Wildman–Crippen MR) is 83.2 cm³/mol. The fraction of sp³-hybridized carbons (Fsp3) is 0.400. The number of rotatable bonds is 8. The van der Waals surface area contributed by atoms with Gasteiger partial charge >= 0.3 is 0 Å². The number of ether oxygens (including phenoxy) is 1. The van der Waals surface area contributed by atoms with E-state index in [0.717, 1.165) is 35.2 Å². The molecule has 0 heterocycles. The highest BCUT2D eigenvalue weighted by atomic mass is 79.9. The minimum Gasteiger partial charge on any atom is -0.493 e. The van der Waals surface area contributed by atoms with Crippen molar-refractivity contribution in [1.82, 2.24) is 0 Å². The lowest BCUT2D eigenvalue weighted by molar-refractivity contribution is -0.115. The highest BCUT2D eigenvalue weighted by molar-refractivity contribution is 9.09. The van der Waals surface area contributed by atoms with Gasteiger partial charge in [0.05, 0.1) is 6.61 Å². The van der Waals surface area contributed by atoms with Crippen LogP contribution in [0.5, 0.6) is 5.75 Å². The van der Waals surface area contributed by atoms with Crippen LogP contribution in [0.2, 0.25) is 0 Å². The summed E-state index contributed by atoms with van der Waals surface area (Å²) in [5.74, 6) is 0.868. The number of hydrogen-bond acceptors (Lipinski definition) is 2. The summed E-state index contributed by atoms with van der Waals surface area (Å²) in [5, 5.41) is 3.77. The average molecular weight is 326 g/mol. The number of anilines is 1. The summed E-state index contributed by atoms with van der Waals surface area (Å²) in [7, 11) is 0. The summed E-state index contributed by atoms with van der Waals surface area (Å²) in [4.78, 5) is 11.4. The van der Waals surface area contributed by atoms with Crippen molar-refractivity contribution in [3.63, 3.8) is 0 Å². The first-order valence-electron chi connectivity index (χ1n) is 6.43. The van der Waals surface area contributed by atoms with Crippen molar-refractivity contribution in [1.29, 1.82) is 0 Å². The second-order valence-electron chi connectivity index (χ2n) is 4.11. The minimum atomic E-state index is 0.0116. The molecule has 0 saturated heterocycles. The van der Waals surface area contributed by atoms with Gasteiger partial charge in [0, 0.05) is 17.4 Å². The van der Waals surface area contributed by atoms with E-state index in [2.05, 4.69) is 27.8 Å². The molecule has 1 N–H and O–H groups in total. The van der Waals surface area contributed by atoms with Gasteiger partial charge in [-0.2, -0.15) is 0 Å². The number of carbonyl (C=O) groups is 1. The van der Waals surface area contributed by atoms with Crippen molar-refractivity contribution in [2.75, 3.05) is 17.3 Å². The fourth-order valence-corrected chi connectivity index (χ4v) is 1.83. The van der Waals surface area contributed by atoms with Crippen LogP contribution in [0.3, 0.4) is 0 Å². The number of halogens is 1. The highest BCUT2D eigenvalue weighted by Crippen LogP contribution is 2.24. The molecule has 0 atom stereocenters. The average Bonchev–Trinajstić information content (AvgIpc) is 2.41. The summed E-state index contributed by atoms with van der Waals surface area (Å²) in [5.41, 5.74) is 1.84. The smallest absolute Gasteiger partial charge is 0.224 e. The van der Waals surface area contributed by atoms with E-state index in [1.54, 1.807) is 0 Å². The van der Waals surface area contributed by atoms with Gasteiger partial charge in [-0.15, -0.1) is 6.58 Å². The van der Waals surface area contributed by atoms with E-state index in [9.17, 15) is 4.79 Å². The Morgan fingerprint density at radius 2 is 2.32 bits per heavy atom. The van der Waals surface area contributed by atoms with E-state index in [1.165, 1.54) is 0 Å². The number of nitrogens with one attached hydrogen (secondary N) is 1. The lowest BCUT2D eigenvalue weighted by atomic mass is 10.1. The second-order valence-corrected chi connectivity index (χ2v) is 4.90. The van der Waals surface area contributed by atoms with Crippen molar-refractivity contribution in [3.05, 3.63) is 36.4 Å².